The summed E-state index contributed by atoms with van der Waals surface area (Å²) in [6.07, 6.45) is 13.7. The van der Waals surface area contributed by atoms with Gasteiger partial charge in [0, 0.05) is 16.9 Å². The van der Waals surface area contributed by atoms with Gasteiger partial charge in [-0.05, 0) is 62.1 Å². The summed E-state index contributed by atoms with van der Waals surface area (Å²) in [5.41, 5.74) is 2.24. The molecule has 1 aliphatic rings. The lowest BCUT2D eigenvalue weighted by Gasteiger charge is -2.06. The molecule has 0 radical (unpaired) electrons. The van der Waals surface area contributed by atoms with Crippen LogP contribution in [-0.4, -0.2) is 18.7 Å². The Morgan fingerprint density at radius 1 is 1.22 bits per heavy atom. The van der Waals surface area contributed by atoms with Gasteiger partial charge in [0.25, 0.3) is 0 Å². The molecule has 3 nitrogen and oxygen atoms in total. The Morgan fingerprint density at radius 2 is 2.04 bits per heavy atom. The number of aryl methyl sites for hydroxylation is 1. The van der Waals surface area contributed by atoms with E-state index in [1.165, 1.54) is 11.3 Å². The van der Waals surface area contributed by atoms with Gasteiger partial charge in [-0.1, -0.05) is 25.2 Å². The minimum absolute atomic E-state index is 0.610. The molecule has 0 aliphatic heterocycles. The van der Waals surface area contributed by atoms with Gasteiger partial charge in [0.15, 0.2) is 0 Å². The van der Waals surface area contributed by atoms with Crippen LogP contribution in [0.4, 0.5) is 0 Å². The van der Waals surface area contributed by atoms with Gasteiger partial charge in [0.2, 0.25) is 0 Å². The average Bonchev–Trinajstić information content (AvgIpc) is 3.09. The molecule has 2 aromatic rings. The zero-order valence-electron chi connectivity index (χ0n) is 16.3. The van der Waals surface area contributed by atoms with Crippen molar-refractivity contribution in [3.8, 4) is 16.3 Å². The molecule has 142 valence electrons. The third-order valence-electron chi connectivity index (χ3n) is 4.61. The van der Waals surface area contributed by atoms with E-state index in [0.29, 0.717) is 12.5 Å². The van der Waals surface area contributed by atoms with Crippen molar-refractivity contribution in [3.63, 3.8) is 0 Å². The first-order valence-corrected chi connectivity index (χ1v) is 10.3. The van der Waals surface area contributed by atoms with E-state index >= 15 is 0 Å². The van der Waals surface area contributed by atoms with Crippen LogP contribution in [0.15, 0.2) is 60.4 Å². The number of hydrogen-bond acceptors (Lipinski definition) is 4. The van der Waals surface area contributed by atoms with Crippen molar-refractivity contribution in [2.75, 3.05) is 13.7 Å². The van der Waals surface area contributed by atoms with Crippen molar-refractivity contribution in [3.05, 3.63) is 71.0 Å². The van der Waals surface area contributed by atoms with Crippen molar-refractivity contribution in [2.45, 2.75) is 33.1 Å². The van der Waals surface area contributed by atoms with Crippen molar-refractivity contribution in [1.82, 2.24) is 4.98 Å². The van der Waals surface area contributed by atoms with Gasteiger partial charge in [-0.25, -0.2) is 4.98 Å². The molecule has 0 unspecified atom stereocenters. The van der Waals surface area contributed by atoms with E-state index in [1.54, 1.807) is 18.4 Å². The highest BCUT2D eigenvalue weighted by atomic mass is 32.1. The van der Waals surface area contributed by atoms with Gasteiger partial charge in [-0.3, -0.25) is 0 Å². The lowest BCUT2D eigenvalue weighted by molar-refractivity contribution is 0.227. The van der Waals surface area contributed by atoms with Crippen LogP contribution in [0.5, 0.6) is 5.75 Å². The maximum Gasteiger partial charge on any atom is 0.123 e. The van der Waals surface area contributed by atoms with Crippen LogP contribution >= 0.6 is 11.3 Å². The molecule has 1 aromatic carbocycles. The lowest BCUT2D eigenvalue weighted by atomic mass is 10.1. The summed E-state index contributed by atoms with van der Waals surface area (Å²) in [6, 6.07) is 8.05. The normalized spacial score (nSPS) is 21.3. The molecule has 1 heterocycles. The summed E-state index contributed by atoms with van der Waals surface area (Å²) in [4.78, 5) is 6.07. The van der Waals surface area contributed by atoms with E-state index in [-0.39, 0.29) is 0 Å². The molecule has 1 aromatic heterocycles. The summed E-state index contributed by atoms with van der Waals surface area (Å²) in [5.74, 6) is 2.39. The number of rotatable bonds is 6. The first kappa shape index (κ1) is 19.4. The quantitative estimate of drug-likeness (QED) is 0.605. The first-order chi connectivity index (χ1) is 13.2. The van der Waals surface area contributed by atoms with Gasteiger partial charge >= 0.3 is 0 Å². The van der Waals surface area contributed by atoms with E-state index in [4.69, 9.17) is 14.5 Å². The third-order valence-corrected chi connectivity index (χ3v) is 5.67. The zero-order chi connectivity index (χ0) is 19.1. The van der Waals surface area contributed by atoms with Crippen LogP contribution in [0, 0.1) is 12.8 Å². The number of aromatic nitrogens is 1. The summed E-state index contributed by atoms with van der Waals surface area (Å²) in [6.45, 7) is 5.00. The van der Waals surface area contributed by atoms with Crippen LogP contribution in [0.2, 0.25) is 0 Å². The molecule has 0 bridgehead atoms. The highest BCUT2D eigenvalue weighted by Gasteiger charge is 2.10. The molecule has 27 heavy (non-hydrogen) atoms. The predicted molar refractivity (Wildman–Crippen MR) is 113 cm³/mol. The molecule has 0 saturated heterocycles. The minimum Gasteiger partial charge on any atom is -0.497 e. The van der Waals surface area contributed by atoms with Crippen LogP contribution in [-0.2, 0) is 11.2 Å². The van der Waals surface area contributed by atoms with Crippen molar-refractivity contribution >= 4 is 11.3 Å². The Hall–Kier alpha value is -2.33. The molecule has 4 heteroatoms. The SMILES string of the molecule is COc1ccc(-c2nc(CCOC3=C/C=C/[C@H](C)CC\C=C\3)c(C)s2)cc1. The maximum absolute atomic E-state index is 5.98. The molecule has 3 rings (SSSR count). The molecule has 1 aliphatic carbocycles. The fraction of sp³-hybridized carbons (Fsp3) is 0.348. The summed E-state index contributed by atoms with van der Waals surface area (Å²) >= 11 is 1.73. The van der Waals surface area contributed by atoms with Gasteiger partial charge in [0.05, 0.1) is 19.4 Å². The Bertz CT molecular complexity index is 831. The highest BCUT2D eigenvalue weighted by molar-refractivity contribution is 7.15. The lowest BCUT2D eigenvalue weighted by Crippen LogP contribution is -1.99. The van der Waals surface area contributed by atoms with Crippen LogP contribution < -0.4 is 4.74 Å². The second-order valence-corrected chi connectivity index (χ2v) is 7.96. The van der Waals surface area contributed by atoms with Crippen LogP contribution in [0.25, 0.3) is 10.6 Å². The number of hydrogen-bond donors (Lipinski definition) is 0. The van der Waals surface area contributed by atoms with E-state index < -0.39 is 0 Å². The molecule has 0 saturated carbocycles. The summed E-state index contributed by atoms with van der Waals surface area (Å²) < 4.78 is 11.2. The minimum atomic E-state index is 0.610. The zero-order valence-corrected chi connectivity index (χ0v) is 17.1. The number of thiazole rings is 1. The number of methoxy groups -OCH3 is 1. The number of ether oxygens (including phenoxy) is 2. The molecule has 1 atom stereocenters. The number of nitrogens with zero attached hydrogens (tertiary/aromatic N) is 1. The fourth-order valence-electron chi connectivity index (χ4n) is 2.93. The molecular formula is C23H27NO2S. The molecule has 0 N–H and O–H groups in total. The predicted octanol–water partition coefficient (Wildman–Crippen LogP) is 6.11. The smallest absolute Gasteiger partial charge is 0.123 e. The second-order valence-electron chi connectivity index (χ2n) is 6.76. The summed E-state index contributed by atoms with van der Waals surface area (Å²) in [5, 5.41) is 1.05. The third kappa shape index (κ3) is 5.57. The monoisotopic (exact) mass is 381 g/mol. The van der Waals surface area contributed by atoms with Crippen molar-refractivity contribution < 1.29 is 9.47 Å². The largest absolute Gasteiger partial charge is 0.497 e. The molecule has 0 fully saturated rings. The topological polar surface area (TPSA) is 31.4 Å². The number of allylic oxidation sites excluding steroid dienone is 5. The van der Waals surface area contributed by atoms with Gasteiger partial charge in [0.1, 0.15) is 16.5 Å². The van der Waals surface area contributed by atoms with E-state index in [2.05, 4.69) is 56.4 Å². The summed E-state index contributed by atoms with van der Waals surface area (Å²) in [7, 11) is 1.68. The van der Waals surface area contributed by atoms with Gasteiger partial charge in [-0.15, -0.1) is 11.3 Å². The van der Waals surface area contributed by atoms with Crippen LogP contribution in [0.3, 0.4) is 0 Å². The van der Waals surface area contributed by atoms with Gasteiger partial charge < -0.3 is 9.47 Å². The average molecular weight is 382 g/mol. The molecule has 0 amide bonds. The number of benzene rings is 1. The van der Waals surface area contributed by atoms with Crippen LogP contribution in [0.1, 0.15) is 30.3 Å². The highest BCUT2D eigenvalue weighted by Crippen LogP contribution is 2.29. The Labute approximate surface area is 166 Å². The van der Waals surface area contributed by atoms with E-state index in [9.17, 15) is 0 Å². The van der Waals surface area contributed by atoms with E-state index in [1.807, 2.05) is 12.1 Å². The molecule has 0 spiro atoms. The first-order valence-electron chi connectivity index (χ1n) is 9.44. The van der Waals surface area contributed by atoms with Crippen molar-refractivity contribution in [1.29, 1.82) is 0 Å². The Balaban J connectivity index is 1.61. The standard InChI is InChI=1S/C23H27NO2S/c1-17-7-4-5-9-21(10-6-8-17)26-16-15-22-18(2)27-23(24-22)19-11-13-20(25-3)14-12-19/h5-6,8-14,17H,4,7,15-16H2,1-3H3/b8-6+,9-5+,21-10+/t17-/m1/s1. The Morgan fingerprint density at radius 3 is 2.81 bits per heavy atom. The fourth-order valence-corrected chi connectivity index (χ4v) is 3.89. The van der Waals surface area contributed by atoms with Gasteiger partial charge in [-0.2, -0.15) is 0 Å². The second kappa shape index (κ2) is 9.56. The van der Waals surface area contributed by atoms with E-state index in [0.717, 1.165) is 40.6 Å². The maximum atomic E-state index is 5.98. The Kier molecular flexibility index (Phi) is 6.88. The van der Waals surface area contributed by atoms with Crippen molar-refractivity contribution in [2.24, 2.45) is 5.92 Å². The molecular weight excluding hydrogens is 354 g/mol.